The summed E-state index contributed by atoms with van der Waals surface area (Å²) in [5, 5.41) is 0. The molecule has 1 aromatic rings. The normalized spacial score (nSPS) is 17.3. The third-order valence-electron chi connectivity index (χ3n) is 3.07. The van der Waals surface area contributed by atoms with E-state index in [4.69, 9.17) is 5.73 Å². The highest BCUT2D eigenvalue weighted by molar-refractivity contribution is 5.34. The summed E-state index contributed by atoms with van der Waals surface area (Å²) in [4.78, 5) is 4.18. The fourth-order valence-corrected chi connectivity index (χ4v) is 1.77. The van der Waals surface area contributed by atoms with E-state index >= 15 is 0 Å². The molecule has 0 atom stereocenters. The van der Waals surface area contributed by atoms with Crippen LogP contribution in [0.25, 0.3) is 0 Å². The standard InChI is InChI=1S/C10H17N3/c1-8-10(11)13(7-12-8)6-5-9-3-2-4-9/h7,9H,2-6,11H2,1H3. The molecule has 0 bridgehead atoms. The molecule has 1 aliphatic rings. The molecule has 0 aliphatic heterocycles. The molecule has 1 saturated carbocycles. The largest absolute Gasteiger partial charge is 0.384 e. The van der Waals surface area contributed by atoms with Gasteiger partial charge in [0.25, 0.3) is 0 Å². The molecule has 1 aliphatic carbocycles. The van der Waals surface area contributed by atoms with Crippen molar-refractivity contribution in [3.05, 3.63) is 12.0 Å². The van der Waals surface area contributed by atoms with Gasteiger partial charge in [-0.15, -0.1) is 0 Å². The first-order valence-electron chi connectivity index (χ1n) is 5.04. The maximum absolute atomic E-state index is 5.85. The first kappa shape index (κ1) is 8.60. The monoisotopic (exact) mass is 179 g/mol. The van der Waals surface area contributed by atoms with Gasteiger partial charge in [-0.2, -0.15) is 0 Å². The first-order chi connectivity index (χ1) is 6.27. The lowest BCUT2D eigenvalue weighted by atomic mass is 9.83. The van der Waals surface area contributed by atoms with Crippen molar-refractivity contribution in [2.45, 2.75) is 39.2 Å². The average Bonchev–Trinajstić information content (AvgIpc) is 2.33. The molecule has 1 heterocycles. The highest BCUT2D eigenvalue weighted by atomic mass is 15.1. The van der Waals surface area contributed by atoms with E-state index in [-0.39, 0.29) is 0 Å². The molecule has 0 amide bonds. The molecular formula is C10H17N3. The Bertz CT molecular complexity index is 286. The SMILES string of the molecule is Cc1ncn(CCC2CCC2)c1N. The number of imidazole rings is 1. The first-order valence-corrected chi connectivity index (χ1v) is 5.04. The van der Waals surface area contributed by atoms with Crippen LogP contribution in [-0.4, -0.2) is 9.55 Å². The van der Waals surface area contributed by atoms with Gasteiger partial charge in [0.2, 0.25) is 0 Å². The van der Waals surface area contributed by atoms with Gasteiger partial charge < -0.3 is 10.3 Å². The van der Waals surface area contributed by atoms with E-state index in [0.29, 0.717) is 0 Å². The fraction of sp³-hybridized carbons (Fsp3) is 0.700. The number of anilines is 1. The summed E-state index contributed by atoms with van der Waals surface area (Å²) in [6.45, 7) is 2.99. The summed E-state index contributed by atoms with van der Waals surface area (Å²) in [5.41, 5.74) is 6.80. The molecule has 0 unspecified atom stereocenters. The molecule has 0 saturated heterocycles. The Morgan fingerprint density at radius 3 is 2.85 bits per heavy atom. The molecule has 2 rings (SSSR count). The number of nitrogens with two attached hydrogens (primary N) is 1. The molecule has 3 nitrogen and oxygen atoms in total. The summed E-state index contributed by atoms with van der Waals surface area (Å²) < 4.78 is 2.06. The van der Waals surface area contributed by atoms with Crippen LogP contribution in [0.4, 0.5) is 5.82 Å². The predicted octanol–water partition coefficient (Wildman–Crippen LogP) is 1.96. The Labute approximate surface area is 79.0 Å². The third-order valence-corrected chi connectivity index (χ3v) is 3.07. The molecule has 3 heteroatoms. The molecule has 1 aromatic heterocycles. The quantitative estimate of drug-likeness (QED) is 0.770. The number of nitrogens with zero attached hydrogens (tertiary/aromatic N) is 2. The fourth-order valence-electron chi connectivity index (χ4n) is 1.77. The Morgan fingerprint density at radius 2 is 2.38 bits per heavy atom. The lowest BCUT2D eigenvalue weighted by molar-refractivity contribution is 0.283. The van der Waals surface area contributed by atoms with Gasteiger partial charge in [-0.05, 0) is 19.3 Å². The van der Waals surface area contributed by atoms with E-state index in [1.54, 1.807) is 0 Å². The molecule has 2 N–H and O–H groups in total. The smallest absolute Gasteiger partial charge is 0.126 e. The number of aryl methyl sites for hydroxylation is 2. The van der Waals surface area contributed by atoms with Gasteiger partial charge in [0, 0.05) is 6.54 Å². The van der Waals surface area contributed by atoms with Gasteiger partial charge in [0.05, 0.1) is 12.0 Å². The minimum atomic E-state index is 0.833. The summed E-state index contributed by atoms with van der Waals surface area (Å²) in [6.07, 6.45) is 7.35. The number of aromatic nitrogens is 2. The lowest BCUT2D eigenvalue weighted by Gasteiger charge is -2.25. The van der Waals surface area contributed by atoms with E-state index in [0.717, 1.165) is 24.0 Å². The Morgan fingerprint density at radius 1 is 1.62 bits per heavy atom. The zero-order valence-corrected chi connectivity index (χ0v) is 8.16. The minimum absolute atomic E-state index is 0.833. The zero-order valence-electron chi connectivity index (χ0n) is 8.16. The van der Waals surface area contributed by atoms with Crippen molar-refractivity contribution in [2.24, 2.45) is 5.92 Å². The van der Waals surface area contributed by atoms with E-state index in [9.17, 15) is 0 Å². The van der Waals surface area contributed by atoms with Crippen LogP contribution in [0.15, 0.2) is 6.33 Å². The van der Waals surface area contributed by atoms with Gasteiger partial charge >= 0.3 is 0 Å². The molecular weight excluding hydrogens is 162 g/mol. The van der Waals surface area contributed by atoms with Crippen molar-refractivity contribution < 1.29 is 0 Å². The van der Waals surface area contributed by atoms with Crippen LogP contribution in [0.5, 0.6) is 0 Å². The van der Waals surface area contributed by atoms with E-state index < -0.39 is 0 Å². The van der Waals surface area contributed by atoms with Crippen molar-refractivity contribution in [1.82, 2.24) is 9.55 Å². The second-order valence-electron chi connectivity index (χ2n) is 3.99. The average molecular weight is 179 g/mol. The minimum Gasteiger partial charge on any atom is -0.384 e. The van der Waals surface area contributed by atoms with Gasteiger partial charge in [0.1, 0.15) is 5.82 Å². The van der Waals surface area contributed by atoms with E-state index in [1.165, 1.54) is 25.7 Å². The van der Waals surface area contributed by atoms with Crippen LogP contribution in [0.2, 0.25) is 0 Å². The number of hydrogen-bond acceptors (Lipinski definition) is 2. The highest BCUT2D eigenvalue weighted by Crippen LogP contribution is 2.30. The molecule has 0 radical (unpaired) electrons. The van der Waals surface area contributed by atoms with Crippen LogP contribution >= 0.6 is 0 Å². The third kappa shape index (κ3) is 1.69. The van der Waals surface area contributed by atoms with Crippen molar-refractivity contribution in [2.75, 3.05) is 5.73 Å². The summed E-state index contributed by atoms with van der Waals surface area (Å²) in [5.74, 6) is 1.78. The van der Waals surface area contributed by atoms with Crippen molar-refractivity contribution in [3.63, 3.8) is 0 Å². The maximum Gasteiger partial charge on any atom is 0.126 e. The number of hydrogen-bond donors (Lipinski definition) is 1. The maximum atomic E-state index is 5.85. The summed E-state index contributed by atoms with van der Waals surface area (Å²) in [6, 6.07) is 0. The summed E-state index contributed by atoms with van der Waals surface area (Å²) >= 11 is 0. The molecule has 13 heavy (non-hydrogen) atoms. The summed E-state index contributed by atoms with van der Waals surface area (Å²) in [7, 11) is 0. The van der Waals surface area contributed by atoms with Crippen molar-refractivity contribution >= 4 is 5.82 Å². The Kier molecular flexibility index (Phi) is 2.25. The molecule has 0 aromatic carbocycles. The van der Waals surface area contributed by atoms with Crippen LogP contribution in [-0.2, 0) is 6.54 Å². The van der Waals surface area contributed by atoms with E-state index in [1.807, 2.05) is 13.3 Å². The van der Waals surface area contributed by atoms with Crippen LogP contribution < -0.4 is 5.73 Å². The van der Waals surface area contributed by atoms with Gasteiger partial charge in [-0.1, -0.05) is 19.3 Å². The van der Waals surface area contributed by atoms with Gasteiger partial charge in [-0.3, -0.25) is 0 Å². The van der Waals surface area contributed by atoms with Gasteiger partial charge in [-0.25, -0.2) is 4.98 Å². The number of nitrogen functional groups attached to an aromatic ring is 1. The van der Waals surface area contributed by atoms with Crippen LogP contribution in [0.3, 0.4) is 0 Å². The topological polar surface area (TPSA) is 43.8 Å². The molecule has 1 fully saturated rings. The van der Waals surface area contributed by atoms with E-state index in [2.05, 4.69) is 9.55 Å². The molecule has 0 spiro atoms. The Balaban J connectivity index is 1.89. The Hall–Kier alpha value is -0.990. The number of rotatable bonds is 3. The molecule has 72 valence electrons. The van der Waals surface area contributed by atoms with Crippen molar-refractivity contribution in [1.29, 1.82) is 0 Å². The van der Waals surface area contributed by atoms with Crippen LogP contribution in [0, 0.1) is 12.8 Å². The highest BCUT2D eigenvalue weighted by Gasteiger charge is 2.17. The zero-order chi connectivity index (χ0) is 9.26. The van der Waals surface area contributed by atoms with Gasteiger partial charge in [0.15, 0.2) is 0 Å². The van der Waals surface area contributed by atoms with Crippen LogP contribution in [0.1, 0.15) is 31.4 Å². The van der Waals surface area contributed by atoms with Crippen molar-refractivity contribution in [3.8, 4) is 0 Å². The predicted molar refractivity (Wildman–Crippen MR) is 53.3 cm³/mol. The second-order valence-corrected chi connectivity index (χ2v) is 3.99. The second kappa shape index (κ2) is 3.40. The lowest BCUT2D eigenvalue weighted by Crippen LogP contribution is -2.14.